The Morgan fingerprint density at radius 2 is 2.05 bits per heavy atom. The number of nitrogens with zero attached hydrogens (tertiary/aromatic N) is 1. The molecule has 19 heavy (non-hydrogen) atoms. The van der Waals surface area contributed by atoms with Gasteiger partial charge in [0.15, 0.2) is 17.2 Å². The van der Waals surface area contributed by atoms with Crippen molar-refractivity contribution in [2.45, 2.75) is 20.2 Å². The highest BCUT2D eigenvalue weighted by Gasteiger charge is 2.33. The number of pyridine rings is 1. The lowest BCUT2D eigenvalue weighted by atomic mass is 10.2. The quantitative estimate of drug-likeness (QED) is 0.792. The van der Waals surface area contributed by atoms with Crippen LogP contribution in [0.2, 0.25) is 0 Å². The number of aromatic nitrogens is 1. The number of halogens is 3. The number of rotatable bonds is 4. The van der Waals surface area contributed by atoms with Crippen LogP contribution in [0.4, 0.5) is 13.2 Å². The highest BCUT2D eigenvalue weighted by Crippen LogP contribution is 2.35. The third-order valence-electron chi connectivity index (χ3n) is 2.13. The normalized spacial score (nSPS) is 11.1. The van der Waals surface area contributed by atoms with Gasteiger partial charge in [-0.05, 0) is 13.8 Å². The molecule has 0 fully saturated rings. The molecule has 1 rings (SSSR count). The average molecular weight is 279 g/mol. The fraction of sp³-hybridized carbons (Fsp3) is 0.455. The molecule has 106 valence electrons. The van der Waals surface area contributed by atoms with E-state index in [1.807, 2.05) is 0 Å². The first kappa shape index (κ1) is 15.1. The topological polar surface area (TPSA) is 57.7 Å². The van der Waals surface area contributed by atoms with Crippen molar-refractivity contribution >= 4 is 5.97 Å². The van der Waals surface area contributed by atoms with Crippen LogP contribution in [-0.2, 0) is 4.74 Å². The standard InChI is InChI=1S/C11H12F3NO4/c1-4-18-10(16)8-6(2)9(17-3)7(5-15-8)19-11(12,13)14/h5H,4H2,1-3H3. The van der Waals surface area contributed by atoms with Gasteiger partial charge in [-0.2, -0.15) is 0 Å². The van der Waals surface area contributed by atoms with Crippen LogP contribution in [0.3, 0.4) is 0 Å². The van der Waals surface area contributed by atoms with Crippen LogP contribution in [0.25, 0.3) is 0 Å². The zero-order valence-corrected chi connectivity index (χ0v) is 10.5. The molecule has 0 spiro atoms. The lowest BCUT2D eigenvalue weighted by Gasteiger charge is -2.15. The van der Waals surface area contributed by atoms with Gasteiger partial charge in [-0.15, -0.1) is 13.2 Å². The van der Waals surface area contributed by atoms with Gasteiger partial charge in [0.05, 0.1) is 19.9 Å². The van der Waals surface area contributed by atoms with Gasteiger partial charge in [0, 0.05) is 5.56 Å². The number of alkyl halides is 3. The Bertz CT molecular complexity index is 474. The van der Waals surface area contributed by atoms with Crippen molar-refractivity contribution in [1.82, 2.24) is 4.98 Å². The Balaban J connectivity index is 3.19. The van der Waals surface area contributed by atoms with Gasteiger partial charge in [-0.1, -0.05) is 0 Å². The van der Waals surface area contributed by atoms with Crippen molar-refractivity contribution in [2.24, 2.45) is 0 Å². The molecule has 0 radical (unpaired) electrons. The molecule has 0 N–H and O–H groups in total. The Morgan fingerprint density at radius 3 is 2.53 bits per heavy atom. The summed E-state index contributed by atoms with van der Waals surface area (Å²) in [7, 11) is 1.17. The van der Waals surface area contributed by atoms with Gasteiger partial charge in [0.25, 0.3) is 0 Å². The van der Waals surface area contributed by atoms with E-state index < -0.39 is 18.1 Å². The number of esters is 1. The summed E-state index contributed by atoms with van der Waals surface area (Å²) in [6.07, 6.45) is -4.10. The summed E-state index contributed by atoms with van der Waals surface area (Å²) in [5.41, 5.74) is -0.00377. The molecule has 0 aliphatic heterocycles. The SMILES string of the molecule is CCOC(=O)c1ncc(OC(F)(F)F)c(OC)c1C. The fourth-order valence-electron chi connectivity index (χ4n) is 1.43. The van der Waals surface area contributed by atoms with Crippen molar-refractivity contribution in [1.29, 1.82) is 0 Å². The molecule has 0 unspecified atom stereocenters. The third kappa shape index (κ3) is 3.73. The predicted octanol–water partition coefficient (Wildman–Crippen LogP) is 2.47. The van der Waals surface area contributed by atoms with E-state index in [1.54, 1.807) is 6.92 Å². The van der Waals surface area contributed by atoms with Crippen LogP contribution in [0.5, 0.6) is 11.5 Å². The second kappa shape index (κ2) is 5.77. The summed E-state index contributed by atoms with van der Waals surface area (Å²) in [5.74, 6) is -1.56. The lowest BCUT2D eigenvalue weighted by Crippen LogP contribution is -2.19. The van der Waals surface area contributed by atoms with Crippen molar-refractivity contribution in [3.8, 4) is 11.5 Å². The molecule has 8 heteroatoms. The summed E-state index contributed by atoms with van der Waals surface area (Å²) in [6, 6.07) is 0. The maximum Gasteiger partial charge on any atom is 0.573 e. The number of carbonyl (C=O) groups is 1. The number of ether oxygens (including phenoxy) is 3. The van der Waals surface area contributed by atoms with Crippen LogP contribution < -0.4 is 9.47 Å². The lowest BCUT2D eigenvalue weighted by molar-refractivity contribution is -0.275. The Morgan fingerprint density at radius 1 is 1.42 bits per heavy atom. The molecule has 1 aromatic heterocycles. The molecule has 1 heterocycles. The zero-order chi connectivity index (χ0) is 14.6. The van der Waals surface area contributed by atoms with Crippen LogP contribution in [0.1, 0.15) is 23.0 Å². The van der Waals surface area contributed by atoms with Crippen LogP contribution in [0, 0.1) is 6.92 Å². The monoisotopic (exact) mass is 279 g/mol. The van der Waals surface area contributed by atoms with Crippen molar-refractivity contribution in [3.63, 3.8) is 0 Å². The van der Waals surface area contributed by atoms with Crippen LogP contribution in [0.15, 0.2) is 6.20 Å². The number of methoxy groups -OCH3 is 1. The van der Waals surface area contributed by atoms with Crippen LogP contribution in [-0.4, -0.2) is 31.0 Å². The molecule has 0 bridgehead atoms. The molecule has 5 nitrogen and oxygen atoms in total. The van der Waals surface area contributed by atoms with E-state index in [1.165, 1.54) is 14.0 Å². The van der Waals surface area contributed by atoms with Gasteiger partial charge in [-0.3, -0.25) is 0 Å². The van der Waals surface area contributed by atoms with Gasteiger partial charge < -0.3 is 14.2 Å². The minimum absolute atomic E-state index is 0.114. The van der Waals surface area contributed by atoms with E-state index in [4.69, 9.17) is 9.47 Å². The summed E-state index contributed by atoms with van der Waals surface area (Å²) in [4.78, 5) is 15.1. The molecule has 0 aliphatic rings. The van der Waals surface area contributed by atoms with Gasteiger partial charge in [0.1, 0.15) is 0 Å². The minimum Gasteiger partial charge on any atom is -0.492 e. The molecule has 0 atom stereocenters. The molecule has 0 aromatic carbocycles. The average Bonchev–Trinajstić information content (AvgIpc) is 2.27. The highest BCUT2D eigenvalue weighted by atomic mass is 19.4. The Kier molecular flexibility index (Phi) is 4.57. The van der Waals surface area contributed by atoms with Crippen molar-refractivity contribution in [2.75, 3.05) is 13.7 Å². The van der Waals surface area contributed by atoms with E-state index >= 15 is 0 Å². The van der Waals surface area contributed by atoms with E-state index in [2.05, 4.69) is 9.72 Å². The maximum atomic E-state index is 12.2. The first-order valence-corrected chi connectivity index (χ1v) is 5.26. The van der Waals surface area contributed by atoms with Gasteiger partial charge in [-0.25, -0.2) is 9.78 Å². The van der Waals surface area contributed by atoms with E-state index in [0.29, 0.717) is 0 Å². The summed E-state index contributed by atoms with van der Waals surface area (Å²) >= 11 is 0. The summed E-state index contributed by atoms with van der Waals surface area (Å²) in [6.45, 7) is 3.12. The van der Waals surface area contributed by atoms with Gasteiger partial charge >= 0.3 is 12.3 Å². The second-order valence-corrected chi connectivity index (χ2v) is 3.40. The summed E-state index contributed by atoms with van der Waals surface area (Å²) in [5, 5.41) is 0. The number of hydrogen-bond donors (Lipinski definition) is 0. The number of carbonyl (C=O) groups excluding carboxylic acids is 1. The zero-order valence-electron chi connectivity index (χ0n) is 10.5. The molecule has 1 aromatic rings. The summed E-state index contributed by atoms with van der Waals surface area (Å²) < 4.78 is 49.8. The second-order valence-electron chi connectivity index (χ2n) is 3.40. The molecule has 0 saturated carbocycles. The van der Waals surface area contributed by atoms with E-state index in [0.717, 1.165) is 6.20 Å². The van der Waals surface area contributed by atoms with Crippen LogP contribution >= 0.6 is 0 Å². The van der Waals surface area contributed by atoms with Crippen molar-refractivity contribution in [3.05, 3.63) is 17.5 Å². The molecule has 0 amide bonds. The van der Waals surface area contributed by atoms with Gasteiger partial charge in [0.2, 0.25) is 0 Å². The van der Waals surface area contributed by atoms with E-state index in [-0.39, 0.29) is 23.6 Å². The Labute approximate surface area is 107 Å². The predicted molar refractivity (Wildman–Crippen MR) is 58.2 cm³/mol. The maximum absolute atomic E-state index is 12.2. The molecule has 0 aliphatic carbocycles. The molecular formula is C11H12F3NO4. The number of hydrogen-bond acceptors (Lipinski definition) is 5. The van der Waals surface area contributed by atoms with Crippen molar-refractivity contribution < 1.29 is 32.2 Å². The largest absolute Gasteiger partial charge is 0.573 e. The fourth-order valence-corrected chi connectivity index (χ4v) is 1.43. The first-order chi connectivity index (χ1) is 8.80. The third-order valence-corrected chi connectivity index (χ3v) is 2.13. The molecule has 0 saturated heterocycles. The van der Waals surface area contributed by atoms with E-state index in [9.17, 15) is 18.0 Å². The highest BCUT2D eigenvalue weighted by molar-refractivity contribution is 5.89. The first-order valence-electron chi connectivity index (χ1n) is 5.26. The molecular weight excluding hydrogens is 267 g/mol. The Hall–Kier alpha value is -1.99. The minimum atomic E-state index is -4.87. The smallest absolute Gasteiger partial charge is 0.492 e.